The van der Waals surface area contributed by atoms with Crippen molar-refractivity contribution in [3.05, 3.63) is 41.8 Å². The number of piperidine rings is 1. The Kier molecular flexibility index (Phi) is 4.54. The monoisotopic (exact) mass is 343 g/mol. The molecule has 2 atom stereocenters. The average Bonchev–Trinajstić information content (AvgIpc) is 3.20. The van der Waals surface area contributed by atoms with E-state index in [9.17, 15) is 5.11 Å². The molecule has 0 bridgehead atoms. The lowest BCUT2D eigenvalue weighted by Crippen LogP contribution is -2.52. The van der Waals surface area contributed by atoms with Crippen LogP contribution in [-0.2, 0) is 12.0 Å². The molecule has 7 nitrogen and oxygen atoms in total. The SMILES string of the molecule is Cc1noc([C@]23CN(CCO)CC[C@H]2CN(Cc2cccnc2)C3)n1. The number of hydrogen-bond acceptors (Lipinski definition) is 7. The van der Waals surface area contributed by atoms with Crippen LogP contribution in [0.2, 0.25) is 0 Å². The van der Waals surface area contributed by atoms with Gasteiger partial charge in [0.05, 0.1) is 12.0 Å². The van der Waals surface area contributed by atoms with Crippen LogP contribution in [0, 0.1) is 12.8 Å². The van der Waals surface area contributed by atoms with Gasteiger partial charge in [0.15, 0.2) is 5.82 Å². The molecule has 0 aliphatic carbocycles. The van der Waals surface area contributed by atoms with Crippen LogP contribution in [0.5, 0.6) is 0 Å². The van der Waals surface area contributed by atoms with Crippen LogP contribution < -0.4 is 0 Å². The molecular formula is C18H25N5O2. The third kappa shape index (κ3) is 3.19. The second-order valence-corrected chi connectivity index (χ2v) is 7.32. The van der Waals surface area contributed by atoms with Crippen LogP contribution in [0.15, 0.2) is 29.0 Å². The van der Waals surface area contributed by atoms with Gasteiger partial charge in [-0.15, -0.1) is 0 Å². The summed E-state index contributed by atoms with van der Waals surface area (Å²) in [6, 6.07) is 4.11. The average molecular weight is 343 g/mol. The molecular weight excluding hydrogens is 318 g/mol. The van der Waals surface area contributed by atoms with Gasteiger partial charge in [0.25, 0.3) is 0 Å². The van der Waals surface area contributed by atoms with E-state index in [0.717, 1.165) is 45.0 Å². The van der Waals surface area contributed by atoms with Gasteiger partial charge in [0.2, 0.25) is 5.89 Å². The van der Waals surface area contributed by atoms with E-state index >= 15 is 0 Å². The van der Waals surface area contributed by atoms with E-state index in [0.29, 0.717) is 18.3 Å². The van der Waals surface area contributed by atoms with Crippen molar-refractivity contribution in [3.63, 3.8) is 0 Å². The van der Waals surface area contributed by atoms with E-state index in [1.54, 1.807) is 0 Å². The predicted octanol–water partition coefficient (Wildman–Crippen LogP) is 0.841. The minimum absolute atomic E-state index is 0.142. The summed E-state index contributed by atoms with van der Waals surface area (Å²) in [5.74, 6) is 1.94. The first-order valence-electron chi connectivity index (χ1n) is 8.95. The Morgan fingerprint density at radius 3 is 2.96 bits per heavy atom. The second-order valence-electron chi connectivity index (χ2n) is 7.32. The smallest absolute Gasteiger partial charge is 0.235 e. The molecule has 2 aliphatic rings. The molecule has 2 fully saturated rings. The first-order chi connectivity index (χ1) is 12.2. The number of aliphatic hydroxyl groups excluding tert-OH is 1. The fourth-order valence-corrected chi connectivity index (χ4v) is 4.45. The maximum absolute atomic E-state index is 9.35. The van der Waals surface area contributed by atoms with Crippen LogP contribution in [0.25, 0.3) is 0 Å². The van der Waals surface area contributed by atoms with Crippen LogP contribution in [-0.4, -0.2) is 69.4 Å². The van der Waals surface area contributed by atoms with Crippen molar-refractivity contribution in [1.29, 1.82) is 0 Å². The lowest BCUT2D eigenvalue weighted by molar-refractivity contribution is 0.0785. The molecule has 0 radical (unpaired) electrons. The van der Waals surface area contributed by atoms with Crippen LogP contribution in [0.1, 0.15) is 23.7 Å². The minimum Gasteiger partial charge on any atom is -0.395 e. The number of aromatic nitrogens is 3. The van der Waals surface area contributed by atoms with Gasteiger partial charge in [-0.25, -0.2) is 0 Å². The molecule has 7 heteroatoms. The van der Waals surface area contributed by atoms with Crippen molar-refractivity contribution in [3.8, 4) is 0 Å². The second kappa shape index (κ2) is 6.82. The Bertz CT molecular complexity index is 707. The molecule has 2 aliphatic heterocycles. The van der Waals surface area contributed by atoms with Gasteiger partial charge in [-0.3, -0.25) is 14.8 Å². The highest BCUT2D eigenvalue weighted by Crippen LogP contribution is 2.44. The minimum atomic E-state index is -0.142. The summed E-state index contributed by atoms with van der Waals surface area (Å²) >= 11 is 0. The molecule has 134 valence electrons. The summed E-state index contributed by atoms with van der Waals surface area (Å²) in [5, 5.41) is 13.4. The van der Waals surface area contributed by atoms with Gasteiger partial charge in [0.1, 0.15) is 0 Å². The topological polar surface area (TPSA) is 78.5 Å². The summed E-state index contributed by atoms with van der Waals surface area (Å²) in [4.78, 5) is 13.6. The molecule has 0 saturated carbocycles. The van der Waals surface area contributed by atoms with Gasteiger partial charge in [0, 0.05) is 45.1 Å². The Morgan fingerprint density at radius 2 is 2.24 bits per heavy atom. The standard InChI is InChI=1S/C18H25N5O2/c1-14-20-17(25-21-14)18-12-22(7-8-24)6-4-16(18)11-23(13-18)10-15-3-2-5-19-9-15/h2-3,5,9,16,24H,4,6-8,10-13H2,1H3/t16-,18-/m0/s1. The highest BCUT2D eigenvalue weighted by molar-refractivity contribution is 5.19. The van der Waals surface area contributed by atoms with Crippen molar-refractivity contribution >= 4 is 0 Å². The molecule has 0 aromatic carbocycles. The number of fused-ring (bicyclic) bond motifs is 1. The Labute approximate surface area is 147 Å². The van der Waals surface area contributed by atoms with Crippen molar-refractivity contribution in [2.45, 2.75) is 25.3 Å². The molecule has 2 saturated heterocycles. The molecule has 4 rings (SSSR count). The van der Waals surface area contributed by atoms with Gasteiger partial charge in [-0.05, 0) is 37.4 Å². The number of aliphatic hydroxyl groups is 1. The predicted molar refractivity (Wildman–Crippen MR) is 91.9 cm³/mol. The van der Waals surface area contributed by atoms with E-state index in [1.807, 2.05) is 25.4 Å². The van der Waals surface area contributed by atoms with E-state index in [1.165, 1.54) is 5.56 Å². The van der Waals surface area contributed by atoms with E-state index in [4.69, 9.17) is 4.52 Å². The third-order valence-corrected chi connectivity index (χ3v) is 5.56. The molecule has 4 heterocycles. The first kappa shape index (κ1) is 16.6. The van der Waals surface area contributed by atoms with E-state index in [-0.39, 0.29) is 12.0 Å². The van der Waals surface area contributed by atoms with Gasteiger partial charge < -0.3 is 9.63 Å². The van der Waals surface area contributed by atoms with Gasteiger partial charge >= 0.3 is 0 Å². The number of pyridine rings is 1. The first-order valence-corrected chi connectivity index (χ1v) is 8.95. The number of aryl methyl sites for hydroxylation is 1. The fraction of sp³-hybridized carbons (Fsp3) is 0.611. The molecule has 25 heavy (non-hydrogen) atoms. The maximum Gasteiger partial charge on any atom is 0.235 e. The van der Waals surface area contributed by atoms with Crippen LogP contribution >= 0.6 is 0 Å². The van der Waals surface area contributed by atoms with Crippen molar-refractivity contribution < 1.29 is 9.63 Å². The Hall–Kier alpha value is -1.83. The molecule has 0 amide bonds. The third-order valence-electron chi connectivity index (χ3n) is 5.56. The lowest BCUT2D eigenvalue weighted by atomic mass is 9.73. The molecule has 1 N–H and O–H groups in total. The van der Waals surface area contributed by atoms with E-state index < -0.39 is 0 Å². The summed E-state index contributed by atoms with van der Waals surface area (Å²) < 4.78 is 5.64. The number of likely N-dealkylation sites (tertiary alicyclic amines) is 2. The number of β-amino-alcohol motifs (C(OH)–C–C–N with tert-alkyl or cyclic N) is 1. The van der Waals surface area contributed by atoms with Crippen LogP contribution in [0.4, 0.5) is 0 Å². The number of hydrogen-bond donors (Lipinski definition) is 1. The quantitative estimate of drug-likeness (QED) is 0.862. The largest absolute Gasteiger partial charge is 0.395 e. The highest BCUT2D eigenvalue weighted by Gasteiger charge is 2.54. The molecule has 2 aromatic rings. The normalized spacial score (nSPS) is 27.5. The summed E-state index contributed by atoms with van der Waals surface area (Å²) in [6.07, 6.45) is 4.83. The molecule has 0 spiro atoms. The zero-order valence-electron chi connectivity index (χ0n) is 14.6. The molecule has 0 unspecified atom stereocenters. The van der Waals surface area contributed by atoms with Crippen molar-refractivity contribution in [2.75, 3.05) is 39.3 Å². The summed E-state index contributed by atoms with van der Waals surface area (Å²) in [5.41, 5.74) is 1.09. The Balaban J connectivity index is 1.60. The zero-order chi connectivity index (χ0) is 17.3. The van der Waals surface area contributed by atoms with Crippen molar-refractivity contribution in [2.24, 2.45) is 5.92 Å². The lowest BCUT2D eigenvalue weighted by Gasteiger charge is -2.41. The Morgan fingerprint density at radius 1 is 1.36 bits per heavy atom. The zero-order valence-corrected chi connectivity index (χ0v) is 14.6. The van der Waals surface area contributed by atoms with E-state index in [2.05, 4.69) is 31.0 Å². The van der Waals surface area contributed by atoms with Crippen LogP contribution in [0.3, 0.4) is 0 Å². The summed E-state index contributed by atoms with van der Waals surface area (Å²) in [6.45, 7) is 7.45. The molecule has 2 aromatic heterocycles. The summed E-state index contributed by atoms with van der Waals surface area (Å²) in [7, 11) is 0. The number of rotatable bonds is 5. The fourth-order valence-electron chi connectivity index (χ4n) is 4.45. The van der Waals surface area contributed by atoms with Gasteiger partial charge in [-0.1, -0.05) is 11.2 Å². The van der Waals surface area contributed by atoms with Gasteiger partial charge in [-0.2, -0.15) is 4.98 Å². The highest BCUT2D eigenvalue weighted by atomic mass is 16.5. The van der Waals surface area contributed by atoms with Crippen molar-refractivity contribution in [1.82, 2.24) is 24.9 Å². The maximum atomic E-state index is 9.35. The number of nitrogens with zero attached hydrogens (tertiary/aromatic N) is 5.